The van der Waals surface area contributed by atoms with E-state index in [4.69, 9.17) is 27.6 Å². The van der Waals surface area contributed by atoms with Crippen molar-refractivity contribution in [2.24, 2.45) is 0 Å². The molecule has 0 atom stereocenters. The molecular formula is C22H17Cl2N7O. The molecule has 1 saturated heterocycles. The van der Waals surface area contributed by atoms with E-state index in [2.05, 4.69) is 29.9 Å². The summed E-state index contributed by atoms with van der Waals surface area (Å²) >= 11 is 12.2. The van der Waals surface area contributed by atoms with Gasteiger partial charge >= 0.3 is 0 Å². The fourth-order valence-corrected chi connectivity index (χ4v) is 4.36. The molecule has 0 N–H and O–H groups in total. The van der Waals surface area contributed by atoms with Crippen LogP contribution in [0.5, 0.6) is 0 Å². The first-order chi connectivity index (χ1) is 15.7. The van der Waals surface area contributed by atoms with Crippen molar-refractivity contribution in [3.8, 4) is 5.69 Å². The summed E-state index contributed by atoms with van der Waals surface area (Å²) < 4.78 is 7.71. The molecular weight excluding hydrogens is 449 g/mol. The third-order valence-electron chi connectivity index (χ3n) is 5.59. The van der Waals surface area contributed by atoms with Crippen molar-refractivity contribution in [2.75, 3.05) is 36.0 Å². The van der Waals surface area contributed by atoms with Crippen molar-refractivity contribution >= 4 is 57.2 Å². The Morgan fingerprint density at radius 3 is 2.53 bits per heavy atom. The maximum atomic E-state index is 6.16. The molecule has 3 aromatic heterocycles. The van der Waals surface area contributed by atoms with E-state index in [1.54, 1.807) is 17.1 Å². The molecule has 5 aromatic rings. The van der Waals surface area contributed by atoms with E-state index < -0.39 is 0 Å². The molecule has 0 amide bonds. The van der Waals surface area contributed by atoms with Crippen LogP contribution in [0.1, 0.15) is 0 Å². The summed E-state index contributed by atoms with van der Waals surface area (Å²) in [5, 5.41) is 6.74. The molecule has 0 spiro atoms. The lowest BCUT2D eigenvalue weighted by Crippen LogP contribution is -2.47. The van der Waals surface area contributed by atoms with E-state index in [9.17, 15) is 0 Å². The fraction of sp³-hybridized carbons (Fsp3) is 0.182. The van der Waals surface area contributed by atoms with Gasteiger partial charge in [0.1, 0.15) is 17.7 Å². The summed E-state index contributed by atoms with van der Waals surface area (Å²) in [7, 11) is 0. The van der Waals surface area contributed by atoms with Gasteiger partial charge < -0.3 is 14.2 Å². The van der Waals surface area contributed by atoms with Gasteiger partial charge in [-0.3, -0.25) is 0 Å². The molecule has 6 rings (SSSR count). The van der Waals surface area contributed by atoms with Crippen LogP contribution in [0.25, 0.3) is 27.8 Å². The summed E-state index contributed by atoms with van der Waals surface area (Å²) in [6.07, 6.45) is 3.39. The molecule has 0 aliphatic carbocycles. The molecule has 0 saturated carbocycles. The van der Waals surface area contributed by atoms with Crippen LogP contribution in [0.15, 0.2) is 59.4 Å². The lowest BCUT2D eigenvalue weighted by molar-refractivity contribution is 0.541. The largest absolute Gasteiger partial charge is 0.423 e. The number of aromatic nitrogens is 5. The number of anilines is 2. The minimum absolute atomic E-state index is 0.614. The number of oxazole rings is 1. The Balaban J connectivity index is 1.26. The number of fused-ring (bicyclic) bond motifs is 2. The second-order valence-corrected chi connectivity index (χ2v) is 8.43. The zero-order valence-electron chi connectivity index (χ0n) is 16.8. The van der Waals surface area contributed by atoms with Gasteiger partial charge in [0.25, 0.3) is 6.01 Å². The van der Waals surface area contributed by atoms with E-state index in [1.165, 1.54) is 0 Å². The summed E-state index contributed by atoms with van der Waals surface area (Å²) in [6.45, 7) is 3.06. The normalized spacial score (nSPS) is 14.6. The van der Waals surface area contributed by atoms with Crippen molar-refractivity contribution in [1.82, 2.24) is 24.7 Å². The first kappa shape index (κ1) is 19.3. The Kier molecular flexibility index (Phi) is 4.62. The van der Waals surface area contributed by atoms with E-state index in [1.807, 2.05) is 42.6 Å². The predicted octanol–water partition coefficient (Wildman–Crippen LogP) is 4.59. The topological polar surface area (TPSA) is 76.1 Å². The highest BCUT2D eigenvalue weighted by molar-refractivity contribution is 6.31. The molecule has 0 unspecified atom stereocenters. The first-order valence-electron chi connectivity index (χ1n) is 10.2. The number of hydrogen-bond acceptors (Lipinski definition) is 7. The van der Waals surface area contributed by atoms with Gasteiger partial charge in [-0.1, -0.05) is 29.3 Å². The van der Waals surface area contributed by atoms with Crippen molar-refractivity contribution in [3.05, 3.63) is 65.0 Å². The molecule has 2 aromatic carbocycles. The minimum Gasteiger partial charge on any atom is -0.423 e. The van der Waals surface area contributed by atoms with Crippen molar-refractivity contribution in [3.63, 3.8) is 0 Å². The second-order valence-electron chi connectivity index (χ2n) is 7.55. The van der Waals surface area contributed by atoms with Crippen LogP contribution >= 0.6 is 23.2 Å². The SMILES string of the molecule is Clc1cccc(-n2ncc3c(N4CCN(c5nc6cc(Cl)ccc6o5)CC4)ncnc32)c1. The van der Waals surface area contributed by atoms with Crippen molar-refractivity contribution in [2.45, 2.75) is 0 Å². The Morgan fingerprint density at radius 1 is 0.875 bits per heavy atom. The predicted molar refractivity (Wildman–Crippen MR) is 125 cm³/mol. The van der Waals surface area contributed by atoms with Crippen LogP contribution in [0.4, 0.5) is 11.8 Å². The third-order valence-corrected chi connectivity index (χ3v) is 6.06. The van der Waals surface area contributed by atoms with Gasteiger partial charge in [-0.15, -0.1) is 0 Å². The van der Waals surface area contributed by atoms with Gasteiger partial charge in [0, 0.05) is 36.2 Å². The quantitative estimate of drug-likeness (QED) is 0.385. The molecule has 1 aliphatic rings. The zero-order valence-corrected chi connectivity index (χ0v) is 18.3. The smallest absolute Gasteiger partial charge is 0.298 e. The van der Waals surface area contributed by atoms with Crippen LogP contribution in [-0.4, -0.2) is 50.9 Å². The van der Waals surface area contributed by atoms with Gasteiger partial charge in [0.15, 0.2) is 11.2 Å². The molecule has 8 nitrogen and oxygen atoms in total. The number of nitrogens with zero attached hydrogens (tertiary/aromatic N) is 7. The maximum Gasteiger partial charge on any atom is 0.298 e. The van der Waals surface area contributed by atoms with E-state index >= 15 is 0 Å². The van der Waals surface area contributed by atoms with E-state index in [0.717, 1.165) is 59.8 Å². The van der Waals surface area contributed by atoms with Gasteiger partial charge in [-0.05, 0) is 36.4 Å². The number of piperazine rings is 1. The standard InChI is InChI=1S/C22H17Cl2N7O/c23-14-2-1-3-16(10-14)31-21-17(12-27-31)20(25-13-26-21)29-6-8-30(9-7-29)22-28-18-11-15(24)4-5-19(18)32-22/h1-5,10-13H,6-9H2. The highest BCUT2D eigenvalue weighted by Crippen LogP contribution is 2.29. The number of rotatable bonds is 3. The Labute approximate surface area is 193 Å². The van der Waals surface area contributed by atoms with Crippen LogP contribution < -0.4 is 9.80 Å². The monoisotopic (exact) mass is 465 g/mol. The number of hydrogen-bond donors (Lipinski definition) is 0. The maximum absolute atomic E-state index is 6.16. The van der Waals surface area contributed by atoms with E-state index in [0.29, 0.717) is 16.1 Å². The van der Waals surface area contributed by atoms with Gasteiger partial charge in [0.2, 0.25) is 0 Å². The first-order valence-corrected chi connectivity index (χ1v) is 10.9. The van der Waals surface area contributed by atoms with Crippen LogP contribution in [0.2, 0.25) is 10.0 Å². The molecule has 1 aliphatic heterocycles. The lowest BCUT2D eigenvalue weighted by Gasteiger charge is -2.34. The average molecular weight is 466 g/mol. The highest BCUT2D eigenvalue weighted by atomic mass is 35.5. The fourth-order valence-electron chi connectivity index (χ4n) is 4.01. The lowest BCUT2D eigenvalue weighted by atomic mass is 10.3. The van der Waals surface area contributed by atoms with Crippen molar-refractivity contribution in [1.29, 1.82) is 0 Å². The molecule has 160 valence electrons. The molecule has 0 radical (unpaired) electrons. The summed E-state index contributed by atoms with van der Waals surface area (Å²) in [4.78, 5) is 18.0. The molecule has 1 fully saturated rings. The number of benzene rings is 2. The highest BCUT2D eigenvalue weighted by Gasteiger charge is 2.24. The van der Waals surface area contributed by atoms with Crippen LogP contribution in [0, 0.1) is 0 Å². The Bertz CT molecular complexity index is 1440. The average Bonchev–Trinajstić information content (AvgIpc) is 3.43. The van der Waals surface area contributed by atoms with Gasteiger partial charge in [-0.25, -0.2) is 14.6 Å². The van der Waals surface area contributed by atoms with Gasteiger partial charge in [-0.2, -0.15) is 10.1 Å². The minimum atomic E-state index is 0.614. The van der Waals surface area contributed by atoms with E-state index in [-0.39, 0.29) is 0 Å². The molecule has 4 heterocycles. The summed E-state index contributed by atoms with van der Waals surface area (Å²) in [5.41, 5.74) is 3.10. The van der Waals surface area contributed by atoms with Gasteiger partial charge in [0.05, 0.1) is 17.3 Å². The Hall–Kier alpha value is -3.36. The van der Waals surface area contributed by atoms with Crippen LogP contribution in [-0.2, 0) is 0 Å². The number of halogens is 2. The van der Waals surface area contributed by atoms with Crippen LogP contribution in [0.3, 0.4) is 0 Å². The Morgan fingerprint density at radius 2 is 1.69 bits per heavy atom. The summed E-state index contributed by atoms with van der Waals surface area (Å²) in [5.74, 6) is 0.868. The third kappa shape index (κ3) is 3.32. The zero-order chi connectivity index (χ0) is 21.7. The second kappa shape index (κ2) is 7.65. The molecule has 32 heavy (non-hydrogen) atoms. The van der Waals surface area contributed by atoms with Crippen molar-refractivity contribution < 1.29 is 4.42 Å². The summed E-state index contributed by atoms with van der Waals surface area (Å²) in [6, 6.07) is 13.6. The molecule has 10 heteroatoms. The molecule has 0 bridgehead atoms.